The van der Waals surface area contributed by atoms with Crippen LogP contribution in [-0.2, 0) is 23.5 Å². The molecule has 6 nitrogen and oxygen atoms in total. The van der Waals surface area contributed by atoms with Gasteiger partial charge in [-0.05, 0) is 19.6 Å². The maximum atomic E-state index is 12.6. The van der Waals surface area contributed by atoms with E-state index in [1.165, 1.54) is 0 Å². The van der Waals surface area contributed by atoms with Gasteiger partial charge in [0.2, 0.25) is 8.32 Å². The number of alkyl halides is 6. The zero-order chi connectivity index (χ0) is 19.8. The molecule has 1 amide bonds. The Morgan fingerprint density at radius 1 is 1.00 bits per heavy atom. The third kappa shape index (κ3) is 5.90. The van der Waals surface area contributed by atoms with Gasteiger partial charge in [0.05, 0.1) is 6.54 Å². The highest BCUT2D eigenvalue weighted by Gasteiger charge is 2.53. The van der Waals surface area contributed by atoms with Crippen LogP contribution in [0.3, 0.4) is 0 Å². The zero-order valence-electron chi connectivity index (χ0n) is 13.3. The third-order valence-corrected chi connectivity index (χ3v) is 3.76. The highest BCUT2D eigenvalue weighted by Crippen LogP contribution is 2.30. The van der Waals surface area contributed by atoms with Gasteiger partial charge in [0.25, 0.3) is 0 Å². The topological polar surface area (TPSA) is 72.9 Å². The number of carbonyl (C=O) groups is 3. The molecule has 0 N–H and O–H groups in total. The van der Waals surface area contributed by atoms with Crippen LogP contribution >= 0.6 is 0 Å². The molecule has 1 aliphatic rings. The van der Waals surface area contributed by atoms with Gasteiger partial charge in [-0.15, -0.1) is 0 Å². The maximum absolute atomic E-state index is 12.6. The van der Waals surface area contributed by atoms with E-state index in [-0.39, 0.29) is 4.90 Å². The summed E-state index contributed by atoms with van der Waals surface area (Å²) in [6.45, 7) is 3.66. The van der Waals surface area contributed by atoms with Gasteiger partial charge in [-0.25, -0.2) is 4.79 Å². The average molecular weight is 395 g/mol. The Hall–Kier alpha value is -1.79. The minimum atomic E-state index is -5.35. The van der Waals surface area contributed by atoms with Gasteiger partial charge in [0, 0.05) is 6.42 Å². The van der Waals surface area contributed by atoms with Gasteiger partial charge >= 0.3 is 30.2 Å². The fourth-order valence-corrected chi connectivity index (χ4v) is 2.82. The number of rotatable bonds is 3. The Kier molecular flexibility index (Phi) is 5.82. The van der Waals surface area contributed by atoms with E-state index >= 15 is 0 Å². The van der Waals surface area contributed by atoms with Crippen molar-refractivity contribution in [3.63, 3.8) is 0 Å². The summed E-state index contributed by atoms with van der Waals surface area (Å²) in [7, 11) is -2.54. The minimum Gasteiger partial charge on any atom is -0.518 e. The van der Waals surface area contributed by atoms with Crippen molar-refractivity contribution in [1.82, 2.24) is 4.90 Å². The third-order valence-electron chi connectivity index (χ3n) is 2.95. The van der Waals surface area contributed by atoms with E-state index in [9.17, 15) is 40.7 Å². The first kappa shape index (κ1) is 21.2. The van der Waals surface area contributed by atoms with E-state index in [4.69, 9.17) is 4.43 Å². The number of ether oxygens (including phenoxy) is 1. The van der Waals surface area contributed by atoms with Crippen LogP contribution in [0.4, 0.5) is 26.3 Å². The Balaban J connectivity index is 2.99. The summed E-state index contributed by atoms with van der Waals surface area (Å²) in [6, 6.07) is -1.79. The molecular formula is C12H15F6NO5Si. The van der Waals surface area contributed by atoms with Crippen molar-refractivity contribution in [2.75, 3.05) is 6.54 Å². The number of hydrogen-bond acceptors (Lipinski definition) is 5. The van der Waals surface area contributed by atoms with Crippen LogP contribution in [0, 0.1) is 0 Å². The second-order valence-corrected chi connectivity index (χ2v) is 10.7. The van der Waals surface area contributed by atoms with E-state index < -0.39 is 63.6 Å². The highest BCUT2D eigenvalue weighted by molar-refractivity contribution is 6.71. The first-order chi connectivity index (χ1) is 11.0. The molecule has 0 aromatic carbocycles. The standard InChI is InChI=1S/C12H15F6NO5Si/c1-25(2,3)24-8(20)7-4-6(23-10(22)12(16,17)18)5-19(7)9(21)11(13,14)15/h6-7H,4-5H2,1-3H3/t6?,7-/m0/s1. The number of likely N-dealkylation sites (tertiary alicyclic amines) is 1. The molecular weight excluding hydrogens is 380 g/mol. The summed E-state index contributed by atoms with van der Waals surface area (Å²) in [5, 5.41) is 0. The minimum absolute atomic E-state index is 0.0246. The molecule has 2 atom stereocenters. The summed E-state index contributed by atoms with van der Waals surface area (Å²) >= 11 is 0. The SMILES string of the molecule is C[Si](C)(C)OC(=O)[C@@H]1CC(OC(=O)C(F)(F)F)CN1C(=O)C(F)(F)F. The average Bonchev–Trinajstić information content (AvgIpc) is 2.77. The van der Waals surface area contributed by atoms with Crippen molar-refractivity contribution in [3.05, 3.63) is 0 Å². The second-order valence-electron chi connectivity index (χ2n) is 6.27. The van der Waals surface area contributed by atoms with Crippen molar-refractivity contribution in [3.8, 4) is 0 Å². The number of halogens is 6. The largest absolute Gasteiger partial charge is 0.518 e. The molecule has 1 rings (SSSR count). The fraction of sp³-hybridized carbons (Fsp3) is 0.750. The summed E-state index contributed by atoms with van der Waals surface area (Å²) in [5.41, 5.74) is 0. The first-order valence-electron chi connectivity index (χ1n) is 6.91. The van der Waals surface area contributed by atoms with Gasteiger partial charge in [-0.3, -0.25) is 9.59 Å². The Morgan fingerprint density at radius 2 is 1.52 bits per heavy atom. The monoisotopic (exact) mass is 395 g/mol. The Labute approximate surface area is 139 Å². The summed E-state index contributed by atoms with van der Waals surface area (Å²) in [5.74, 6) is -6.21. The van der Waals surface area contributed by atoms with E-state index in [1.54, 1.807) is 19.6 Å². The smallest absolute Gasteiger partial charge is 0.490 e. The lowest BCUT2D eigenvalue weighted by atomic mass is 10.2. The maximum Gasteiger partial charge on any atom is 0.490 e. The van der Waals surface area contributed by atoms with Gasteiger partial charge < -0.3 is 14.1 Å². The van der Waals surface area contributed by atoms with E-state index in [0.717, 1.165) is 0 Å². The number of esters is 1. The summed E-state index contributed by atoms with van der Waals surface area (Å²) in [6.07, 6.45) is -13.1. The summed E-state index contributed by atoms with van der Waals surface area (Å²) < 4.78 is 83.6. The molecule has 1 aliphatic heterocycles. The number of hydrogen-bond donors (Lipinski definition) is 0. The number of carbonyl (C=O) groups excluding carboxylic acids is 3. The second kappa shape index (κ2) is 6.84. The molecule has 0 radical (unpaired) electrons. The highest BCUT2D eigenvalue weighted by atomic mass is 28.4. The quantitative estimate of drug-likeness (QED) is 0.415. The van der Waals surface area contributed by atoms with Crippen LogP contribution in [0.25, 0.3) is 0 Å². The van der Waals surface area contributed by atoms with Crippen LogP contribution in [0.5, 0.6) is 0 Å². The predicted molar refractivity (Wildman–Crippen MR) is 71.5 cm³/mol. The van der Waals surface area contributed by atoms with E-state index in [0.29, 0.717) is 0 Å². The molecule has 0 spiro atoms. The lowest BCUT2D eigenvalue weighted by Crippen LogP contribution is -2.49. The van der Waals surface area contributed by atoms with Crippen molar-refractivity contribution in [2.24, 2.45) is 0 Å². The van der Waals surface area contributed by atoms with E-state index in [1.807, 2.05) is 0 Å². The Morgan fingerprint density at radius 3 is 1.92 bits per heavy atom. The number of nitrogens with zero attached hydrogens (tertiary/aromatic N) is 1. The molecule has 1 unspecified atom stereocenters. The molecule has 0 aromatic heterocycles. The van der Waals surface area contributed by atoms with Gasteiger partial charge in [-0.2, -0.15) is 26.3 Å². The van der Waals surface area contributed by atoms with Crippen molar-refractivity contribution < 1.29 is 49.9 Å². The molecule has 0 saturated carbocycles. The molecule has 1 heterocycles. The van der Waals surface area contributed by atoms with Crippen molar-refractivity contribution >= 4 is 26.2 Å². The lowest BCUT2D eigenvalue weighted by Gasteiger charge is -2.26. The lowest BCUT2D eigenvalue weighted by molar-refractivity contribution is -0.204. The normalized spacial score (nSPS) is 21.9. The van der Waals surface area contributed by atoms with Crippen LogP contribution < -0.4 is 0 Å². The molecule has 0 aliphatic carbocycles. The molecule has 1 fully saturated rings. The molecule has 0 aromatic rings. The van der Waals surface area contributed by atoms with Crippen LogP contribution in [-0.4, -0.2) is 62.1 Å². The van der Waals surface area contributed by atoms with Crippen LogP contribution in [0.15, 0.2) is 0 Å². The number of amides is 1. The van der Waals surface area contributed by atoms with Gasteiger partial charge in [0.15, 0.2) is 0 Å². The molecule has 0 bridgehead atoms. The molecule has 1 saturated heterocycles. The van der Waals surface area contributed by atoms with Gasteiger partial charge in [-0.1, -0.05) is 0 Å². The van der Waals surface area contributed by atoms with Gasteiger partial charge in [0.1, 0.15) is 12.1 Å². The van der Waals surface area contributed by atoms with E-state index in [2.05, 4.69) is 4.74 Å². The van der Waals surface area contributed by atoms with Crippen LogP contribution in [0.1, 0.15) is 6.42 Å². The molecule has 144 valence electrons. The van der Waals surface area contributed by atoms with Crippen molar-refractivity contribution in [1.29, 1.82) is 0 Å². The fourth-order valence-electron chi connectivity index (χ4n) is 2.08. The molecule has 25 heavy (non-hydrogen) atoms. The Bertz CT molecular complexity index is 556. The first-order valence-corrected chi connectivity index (χ1v) is 10.3. The summed E-state index contributed by atoms with van der Waals surface area (Å²) in [4.78, 5) is 34.3. The zero-order valence-corrected chi connectivity index (χ0v) is 14.3. The van der Waals surface area contributed by atoms with Crippen molar-refractivity contribution in [2.45, 2.75) is 50.6 Å². The van der Waals surface area contributed by atoms with Crippen LogP contribution in [0.2, 0.25) is 19.6 Å². The predicted octanol–water partition coefficient (Wildman–Crippen LogP) is 2.00. The molecule has 13 heteroatoms.